The fourth-order valence-corrected chi connectivity index (χ4v) is 1.61. The van der Waals surface area contributed by atoms with Crippen LogP contribution in [0.2, 0.25) is 0 Å². The topological polar surface area (TPSA) is 77.2 Å². The second-order valence-electron chi connectivity index (χ2n) is 3.75. The number of carbonyl (C=O) groups excluding carboxylic acids is 1. The van der Waals surface area contributed by atoms with Crippen LogP contribution < -0.4 is 11.1 Å². The first-order valence-corrected chi connectivity index (χ1v) is 5.37. The van der Waals surface area contributed by atoms with E-state index >= 15 is 0 Å². The van der Waals surface area contributed by atoms with E-state index in [1.165, 1.54) is 0 Å². The van der Waals surface area contributed by atoms with E-state index in [1.54, 1.807) is 12.3 Å². The predicted octanol–water partition coefficient (Wildman–Crippen LogP) is 0.658. The Bertz CT molecular complexity index is 358. The standard InChI is InChI=1S/C11H15N3O2/c12-6-8-3-4-10(13-7-8)14-11(15)9-2-1-5-16-9/h3-4,7,9H,1-2,5-6,12H2,(H,13,14,15). The van der Waals surface area contributed by atoms with Crippen LogP contribution in [0, 0.1) is 0 Å². The number of carbonyl (C=O) groups is 1. The van der Waals surface area contributed by atoms with Gasteiger partial charge in [-0.15, -0.1) is 0 Å². The van der Waals surface area contributed by atoms with Gasteiger partial charge < -0.3 is 15.8 Å². The minimum atomic E-state index is -0.323. The molecule has 1 unspecified atom stereocenters. The lowest BCUT2D eigenvalue weighted by molar-refractivity contribution is -0.124. The van der Waals surface area contributed by atoms with Crippen LogP contribution in [0.5, 0.6) is 0 Å². The molecule has 16 heavy (non-hydrogen) atoms. The fraction of sp³-hybridized carbons (Fsp3) is 0.455. The van der Waals surface area contributed by atoms with Crippen molar-refractivity contribution >= 4 is 11.7 Å². The van der Waals surface area contributed by atoms with Crippen molar-refractivity contribution in [3.05, 3.63) is 23.9 Å². The third-order valence-corrected chi connectivity index (χ3v) is 2.53. The largest absolute Gasteiger partial charge is 0.368 e. The summed E-state index contributed by atoms with van der Waals surface area (Å²) >= 11 is 0. The smallest absolute Gasteiger partial charge is 0.254 e. The number of aromatic nitrogens is 1. The Morgan fingerprint density at radius 3 is 3.06 bits per heavy atom. The maximum absolute atomic E-state index is 11.7. The minimum absolute atomic E-state index is 0.120. The average molecular weight is 221 g/mol. The van der Waals surface area contributed by atoms with Crippen LogP contribution in [0.3, 0.4) is 0 Å². The van der Waals surface area contributed by atoms with Crippen LogP contribution in [-0.2, 0) is 16.1 Å². The number of hydrogen-bond acceptors (Lipinski definition) is 4. The summed E-state index contributed by atoms with van der Waals surface area (Å²) in [5, 5.41) is 2.72. The molecule has 86 valence electrons. The van der Waals surface area contributed by atoms with Gasteiger partial charge in [0.25, 0.3) is 5.91 Å². The highest BCUT2D eigenvalue weighted by Gasteiger charge is 2.23. The summed E-state index contributed by atoms with van der Waals surface area (Å²) in [7, 11) is 0. The van der Waals surface area contributed by atoms with Crippen LogP contribution in [0.15, 0.2) is 18.3 Å². The van der Waals surface area contributed by atoms with E-state index in [-0.39, 0.29) is 12.0 Å². The number of nitrogens with two attached hydrogens (primary N) is 1. The Balaban J connectivity index is 1.94. The summed E-state index contributed by atoms with van der Waals surface area (Å²) in [6.07, 6.45) is 3.06. The van der Waals surface area contributed by atoms with Crippen molar-refractivity contribution in [2.75, 3.05) is 11.9 Å². The molecule has 0 aromatic carbocycles. The number of hydrogen-bond donors (Lipinski definition) is 2. The molecule has 1 aromatic heterocycles. The van der Waals surface area contributed by atoms with Gasteiger partial charge in [0.1, 0.15) is 11.9 Å². The zero-order chi connectivity index (χ0) is 11.4. The lowest BCUT2D eigenvalue weighted by atomic mass is 10.2. The SMILES string of the molecule is NCc1ccc(NC(=O)C2CCCO2)nc1. The van der Waals surface area contributed by atoms with E-state index in [1.807, 2.05) is 6.07 Å². The molecule has 5 nitrogen and oxygen atoms in total. The van der Waals surface area contributed by atoms with Crippen molar-refractivity contribution in [1.29, 1.82) is 0 Å². The van der Waals surface area contributed by atoms with Crippen molar-refractivity contribution in [3.63, 3.8) is 0 Å². The quantitative estimate of drug-likeness (QED) is 0.786. The molecule has 2 heterocycles. The van der Waals surface area contributed by atoms with Crippen molar-refractivity contribution in [3.8, 4) is 0 Å². The number of nitrogens with zero attached hydrogens (tertiary/aromatic N) is 1. The maximum atomic E-state index is 11.7. The maximum Gasteiger partial charge on any atom is 0.254 e. The summed E-state index contributed by atoms with van der Waals surface area (Å²) in [5.41, 5.74) is 6.39. The Hall–Kier alpha value is -1.46. The van der Waals surface area contributed by atoms with Gasteiger partial charge in [0.15, 0.2) is 0 Å². The van der Waals surface area contributed by atoms with Crippen molar-refractivity contribution < 1.29 is 9.53 Å². The number of anilines is 1. The third kappa shape index (κ3) is 2.56. The molecule has 0 bridgehead atoms. The second kappa shape index (κ2) is 5.05. The lowest BCUT2D eigenvalue weighted by Gasteiger charge is -2.09. The summed E-state index contributed by atoms with van der Waals surface area (Å²) < 4.78 is 5.27. The molecule has 1 fully saturated rings. The normalized spacial score (nSPS) is 19.7. The third-order valence-electron chi connectivity index (χ3n) is 2.53. The van der Waals surface area contributed by atoms with Crippen LogP contribution in [0.25, 0.3) is 0 Å². The Morgan fingerprint density at radius 1 is 1.62 bits per heavy atom. The van der Waals surface area contributed by atoms with E-state index in [0.29, 0.717) is 19.0 Å². The van der Waals surface area contributed by atoms with E-state index < -0.39 is 0 Å². The molecule has 5 heteroatoms. The Morgan fingerprint density at radius 2 is 2.50 bits per heavy atom. The monoisotopic (exact) mass is 221 g/mol. The fourth-order valence-electron chi connectivity index (χ4n) is 1.61. The Labute approximate surface area is 94.0 Å². The van der Waals surface area contributed by atoms with E-state index in [0.717, 1.165) is 18.4 Å². The Kier molecular flexibility index (Phi) is 3.48. The summed E-state index contributed by atoms with van der Waals surface area (Å²) in [4.78, 5) is 15.8. The van der Waals surface area contributed by atoms with Crippen molar-refractivity contribution in [2.45, 2.75) is 25.5 Å². The van der Waals surface area contributed by atoms with Gasteiger partial charge in [-0.1, -0.05) is 6.07 Å². The molecule has 0 aliphatic carbocycles. The summed E-state index contributed by atoms with van der Waals surface area (Å²) in [5.74, 6) is 0.420. The van der Waals surface area contributed by atoms with Crippen LogP contribution in [0.1, 0.15) is 18.4 Å². The molecule has 0 saturated carbocycles. The van der Waals surface area contributed by atoms with Crippen LogP contribution >= 0.6 is 0 Å². The number of nitrogens with one attached hydrogen (secondary N) is 1. The number of rotatable bonds is 3. The summed E-state index contributed by atoms with van der Waals surface area (Å²) in [6.45, 7) is 1.12. The van der Waals surface area contributed by atoms with Gasteiger partial charge in [0, 0.05) is 19.3 Å². The lowest BCUT2D eigenvalue weighted by Crippen LogP contribution is -2.27. The van der Waals surface area contributed by atoms with Gasteiger partial charge in [-0.2, -0.15) is 0 Å². The van der Waals surface area contributed by atoms with E-state index in [9.17, 15) is 4.79 Å². The molecule has 0 spiro atoms. The first-order valence-electron chi connectivity index (χ1n) is 5.37. The van der Waals surface area contributed by atoms with Crippen LogP contribution in [0.4, 0.5) is 5.82 Å². The molecular weight excluding hydrogens is 206 g/mol. The van der Waals surface area contributed by atoms with Crippen LogP contribution in [-0.4, -0.2) is 23.6 Å². The first kappa shape index (κ1) is 11.0. The predicted molar refractivity (Wildman–Crippen MR) is 59.7 cm³/mol. The highest BCUT2D eigenvalue weighted by atomic mass is 16.5. The zero-order valence-corrected chi connectivity index (χ0v) is 8.98. The minimum Gasteiger partial charge on any atom is -0.368 e. The molecule has 1 aliphatic heterocycles. The molecule has 1 atom stereocenters. The summed E-state index contributed by atoms with van der Waals surface area (Å²) in [6, 6.07) is 3.59. The molecule has 1 aromatic rings. The van der Waals surface area contributed by atoms with Crippen molar-refractivity contribution in [1.82, 2.24) is 4.98 Å². The van der Waals surface area contributed by atoms with Crippen molar-refractivity contribution in [2.24, 2.45) is 5.73 Å². The van der Waals surface area contributed by atoms with Gasteiger partial charge >= 0.3 is 0 Å². The van der Waals surface area contributed by atoms with Gasteiger partial charge in [-0.05, 0) is 24.5 Å². The van der Waals surface area contributed by atoms with E-state index in [2.05, 4.69) is 10.3 Å². The highest BCUT2D eigenvalue weighted by molar-refractivity contribution is 5.93. The highest BCUT2D eigenvalue weighted by Crippen LogP contribution is 2.14. The second-order valence-corrected chi connectivity index (χ2v) is 3.75. The molecule has 1 saturated heterocycles. The van der Waals surface area contributed by atoms with Gasteiger partial charge in [0.2, 0.25) is 0 Å². The van der Waals surface area contributed by atoms with Gasteiger partial charge in [0.05, 0.1) is 0 Å². The number of pyridine rings is 1. The molecular formula is C11H15N3O2. The van der Waals surface area contributed by atoms with Gasteiger partial charge in [-0.3, -0.25) is 4.79 Å². The zero-order valence-electron chi connectivity index (χ0n) is 8.98. The molecule has 1 amide bonds. The first-order chi connectivity index (χ1) is 7.79. The number of ether oxygens (including phenoxy) is 1. The van der Waals surface area contributed by atoms with Gasteiger partial charge in [-0.25, -0.2) is 4.98 Å². The molecule has 1 aliphatic rings. The molecule has 0 radical (unpaired) electrons. The molecule has 3 N–H and O–H groups in total. The molecule has 2 rings (SSSR count). The average Bonchev–Trinajstić information content (AvgIpc) is 2.83. The number of amides is 1. The van der Waals surface area contributed by atoms with E-state index in [4.69, 9.17) is 10.5 Å².